The Hall–Kier alpha value is -1.88. The van der Waals surface area contributed by atoms with Crippen molar-refractivity contribution in [2.24, 2.45) is 23.7 Å². The van der Waals surface area contributed by atoms with E-state index in [2.05, 4.69) is 31.2 Å². The largest absolute Gasteiger partial charge is 0.199 e. The van der Waals surface area contributed by atoms with Gasteiger partial charge >= 0.3 is 0 Å². The van der Waals surface area contributed by atoms with Crippen LogP contribution in [0.3, 0.4) is 0 Å². The summed E-state index contributed by atoms with van der Waals surface area (Å²) in [6.45, 7) is 2.22. The Labute approximate surface area is 202 Å². The first-order valence-corrected chi connectivity index (χ1v) is 13.7. The van der Waals surface area contributed by atoms with Crippen molar-refractivity contribution in [2.75, 3.05) is 0 Å². The lowest BCUT2D eigenvalue weighted by molar-refractivity contribution is 0.140. The molecule has 0 bridgehead atoms. The van der Waals surface area contributed by atoms with Crippen LogP contribution in [0.4, 0.5) is 4.39 Å². The van der Waals surface area contributed by atoms with Crippen LogP contribution in [0.25, 0.3) is 0 Å². The maximum atomic E-state index is 12.8. The summed E-state index contributed by atoms with van der Waals surface area (Å²) in [5, 5.41) is 8.42. The molecular formula is C31H44FN. The standard InChI is InChI=1S/C31H44FN/c1-2-25-12-14-26(15-13-25)9-6-7-10-28-18-22-30(23-19-28)29-20-16-27(17-21-29)8-4-3-5-11-31(32)24-33/h3,5,11-15,27-30H,2,4,6-10,16-23H2,1H3/t27-,28-,29-,30-. The molecule has 0 atom stereocenters. The molecule has 0 spiro atoms. The van der Waals surface area contributed by atoms with Crippen molar-refractivity contribution >= 4 is 0 Å². The normalized spacial score (nSPS) is 26.4. The van der Waals surface area contributed by atoms with Gasteiger partial charge in [-0.15, -0.1) is 0 Å². The molecule has 0 saturated heterocycles. The lowest BCUT2D eigenvalue weighted by atomic mass is 9.68. The van der Waals surface area contributed by atoms with E-state index in [-0.39, 0.29) is 0 Å². The first-order valence-electron chi connectivity index (χ1n) is 13.7. The average Bonchev–Trinajstić information content (AvgIpc) is 2.87. The van der Waals surface area contributed by atoms with Gasteiger partial charge in [0.05, 0.1) is 0 Å². The predicted molar refractivity (Wildman–Crippen MR) is 137 cm³/mol. The van der Waals surface area contributed by atoms with Crippen molar-refractivity contribution in [3.05, 3.63) is 59.4 Å². The highest BCUT2D eigenvalue weighted by Crippen LogP contribution is 2.43. The highest BCUT2D eigenvalue weighted by atomic mass is 19.1. The van der Waals surface area contributed by atoms with E-state index >= 15 is 0 Å². The molecule has 1 aromatic carbocycles. The van der Waals surface area contributed by atoms with Gasteiger partial charge in [-0.3, -0.25) is 0 Å². The molecule has 0 radical (unpaired) electrons. The van der Waals surface area contributed by atoms with Crippen LogP contribution >= 0.6 is 0 Å². The summed E-state index contributed by atoms with van der Waals surface area (Å²) in [6.07, 6.45) is 25.2. The molecular weight excluding hydrogens is 405 g/mol. The number of halogens is 1. The Bertz CT molecular complexity index is 768. The number of aryl methyl sites for hydroxylation is 2. The molecule has 1 nitrogen and oxygen atoms in total. The number of allylic oxidation sites excluding steroid dienone is 4. The van der Waals surface area contributed by atoms with Gasteiger partial charge in [-0.2, -0.15) is 9.65 Å². The highest BCUT2D eigenvalue weighted by Gasteiger charge is 2.30. The lowest BCUT2D eigenvalue weighted by Gasteiger charge is -2.38. The summed E-state index contributed by atoms with van der Waals surface area (Å²) in [7, 11) is 0. The van der Waals surface area contributed by atoms with E-state index in [4.69, 9.17) is 5.26 Å². The second kappa shape index (κ2) is 14.4. The van der Waals surface area contributed by atoms with Crippen LogP contribution in [0.15, 0.2) is 48.3 Å². The van der Waals surface area contributed by atoms with Crippen LogP contribution in [-0.2, 0) is 12.8 Å². The van der Waals surface area contributed by atoms with Gasteiger partial charge in [-0.05, 0) is 98.7 Å². The highest BCUT2D eigenvalue weighted by molar-refractivity contribution is 5.22. The van der Waals surface area contributed by atoms with E-state index < -0.39 is 5.83 Å². The zero-order chi connectivity index (χ0) is 23.3. The molecule has 33 heavy (non-hydrogen) atoms. The quantitative estimate of drug-likeness (QED) is 0.187. The van der Waals surface area contributed by atoms with Crippen LogP contribution in [0.1, 0.15) is 102 Å². The smallest absolute Gasteiger partial charge is 0.195 e. The van der Waals surface area contributed by atoms with E-state index in [9.17, 15) is 4.39 Å². The maximum absolute atomic E-state index is 12.8. The fourth-order valence-corrected chi connectivity index (χ4v) is 6.22. The summed E-state index contributed by atoms with van der Waals surface area (Å²) < 4.78 is 12.8. The van der Waals surface area contributed by atoms with E-state index in [1.54, 1.807) is 6.08 Å². The van der Waals surface area contributed by atoms with Crippen molar-refractivity contribution < 1.29 is 4.39 Å². The Morgan fingerprint density at radius 3 is 2.03 bits per heavy atom. The summed E-state index contributed by atoms with van der Waals surface area (Å²) in [5.74, 6) is 3.06. The Morgan fingerprint density at radius 1 is 0.879 bits per heavy atom. The van der Waals surface area contributed by atoms with Crippen molar-refractivity contribution in [3.8, 4) is 6.07 Å². The van der Waals surface area contributed by atoms with Gasteiger partial charge in [0, 0.05) is 0 Å². The van der Waals surface area contributed by atoms with E-state index in [1.807, 2.05) is 6.08 Å². The fraction of sp³-hybridized carbons (Fsp3) is 0.645. The van der Waals surface area contributed by atoms with Crippen molar-refractivity contribution in [1.29, 1.82) is 5.26 Å². The first-order chi connectivity index (χ1) is 16.2. The molecule has 0 N–H and O–H groups in total. The summed E-state index contributed by atoms with van der Waals surface area (Å²) in [5.41, 5.74) is 2.95. The molecule has 0 heterocycles. The van der Waals surface area contributed by atoms with Crippen molar-refractivity contribution in [1.82, 2.24) is 0 Å². The summed E-state index contributed by atoms with van der Waals surface area (Å²) in [4.78, 5) is 0. The van der Waals surface area contributed by atoms with Gasteiger partial charge in [-0.1, -0.05) is 81.9 Å². The molecule has 0 unspecified atom stereocenters. The van der Waals surface area contributed by atoms with Gasteiger partial charge in [0.2, 0.25) is 0 Å². The number of rotatable bonds is 11. The zero-order valence-corrected chi connectivity index (χ0v) is 20.8. The van der Waals surface area contributed by atoms with Crippen LogP contribution in [0.2, 0.25) is 0 Å². The van der Waals surface area contributed by atoms with Crippen LogP contribution < -0.4 is 0 Å². The fourth-order valence-electron chi connectivity index (χ4n) is 6.22. The average molecular weight is 450 g/mol. The molecule has 1 aromatic rings. The molecule has 2 saturated carbocycles. The lowest BCUT2D eigenvalue weighted by Crippen LogP contribution is -2.25. The number of hydrogen-bond acceptors (Lipinski definition) is 1. The van der Waals surface area contributed by atoms with Gasteiger partial charge in [0.1, 0.15) is 6.07 Å². The minimum absolute atomic E-state index is 0.709. The van der Waals surface area contributed by atoms with Gasteiger partial charge in [0.15, 0.2) is 5.83 Å². The summed E-state index contributed by atoms with van der Waals surface area (Å²) >= 11 is 0. The minimum atomic E-state index is -0.709. The molecule has 3 rings (SSSR count). The Morgan fingerprint density at radius 2 is 1.45 bits per heavy atom. The number of hydrogen-bond donors (Lipinski definition) is 0. The van der Waals surface area contributed by atoms with Crippen LogP contribution in [-0.4, -0.2) is 0 Å². The van der Waals surface area contributed by atoms with Crippen molar-refractivity contribution in [2.45, 2.75) is 103 Å². The minimum Gasteiger partial charge on any atom is -0.195 e. The molecule has 2 aliphatic rings. The first kappa shape index (κ1) is 25.7. The third-order valence-electron chi connectivity index (χ3n) is 8.44. The van der Waals surface area contributed by atoms with E-state index in [0.29, 0.717) is 0 Å². The van der Waals surface area contributed by atoms with Gasteiger partial charge < -0.3 is 0 Å². The van der Waals surface area contributed by atoms with Crippen LogP contribution in [0.5, 0.6) is 0 Å². The topological polar surface area (TPSA) is 23.8 Å². The number of nitriles is 1. The predicted octanol–water partition coefficient (Wildman–Crippen LogP) is 9.29. The SMILES string of the molecule is CCc1ccc(CCCC[C@H]2CC[C@H]([C@H]3CC[C@H](CCC=CC=C(F)C#N)CC3)CC2)cc1. The van der Waals surface area contributed by atoms with Gasteiger partial charge in [-0.25, -0.2) is 0 Å². The number of benzene rings is 1. The molecule has 0 amide bonds. The maximum Gasteiger partial charge on any atom is 0.199 e. The number of nitrogens with zero attached hydrogens (tertiary/aromatic N) is 1. The van der Waals surface area contributed by atoms with Gasteiger partial charge in [0.25, 0.3) is 0 Å². The molecule has 180 valence electrons. The van der Waals surface area contributed by atoms with E-state index in [0.717, 1.165) is 36.5 Å². The second-order valence-corrected chi connectivity index (χ2v) is 10.6. The zero-order valence-electron chi connectivity index (χ0n) is 20.8. The molecule has 2 fully saturated rings. The molecule has 2 aliphatic carbocycles. The second-order valence-electron chi connectivity index (χ2n) is 10.6. The third kappa shape index (κ3) is 9.11. The third-order valence-corrected chi connectivity index (χ3v) is 8.44. The van der Waals surface area contributed by atoms with Crippen LogP contribution in [0, 0.1) is 35.0 Å². The molecule has 0 aromatic heterocycles. The number of unbranched alkanes of at least 4 members (excludes halogenated alkanes) is 1. The van der Waals surface area contributed by atoms with E-state index in [1.165, 1.54) is 107 Å². The Kier molecular flexibility index (Phi) is 11.2. The van der Waals surface area contributed by atoms with Crippen molar-refractivity contribution in [3.63, 3.8) is 0 Å². The monoisotopic (exact) mass is 449 g/mol. The summed E-state index contributed by atoms with van der Waals surface area (Å²) in [6, 6.07) is 10.7. The Balaban J connectivity index is 1.24. The molecule has 0 aliphatic heterocycles. The molecule has 2 heteroatoms.